The summed E-state index contributed by atoms with van der Waals surface area (Å²) in [6, 6.07) is 13.9. The summed E-state index contributed by atoms with van der Waals surface area (Å²) in [5.74, 6) is -0.396. The second-order valence-electron chi connectivity index (χ2n) is 5.16. The highest BCUT2D eigenvalue weighted by atomic mass is 16.6. The van der Waals surface area contributed by atoms with Crippen molar-refractivity contribution >= 4 is 17.3 Å². The SMILES string of the molecule is CN(C)NC(=O)c1ccc(NCc2ccccc2)c([N+](=O)[O-])c1. The lowest BCUT2D eigenvalue weighted by molar-refractivity contribution is -0.384. The van der Waals surface area contributed by atoms with Crippen LogP contribution in [0.15, 0.2) is 48.5 Å². The van der Waals surface area contributed by atoms with E-state index in [0.717, 1.165) is 5.56 Å². The van der Waals surface area contributed by atoms with E-state index in [9.17, 15) is 14.9 Å². The first-order chi connectivity index (χ1) is 11.0. The van der Waals surface area contributed by atoms with E-state index in [1.54, 1.807) is 26.2 Å². The van der Waals surface area contributed by atoms with Crippen LogP contribution < -0.4 is 10.7 Å². The van der Waals surface area contributed by atoms with Crippen molar-refractivity contribution in [2.75, 3.05) is 19.4 Å². The third kappa shape index (κ3) is 4.52. The van der Waals surface area contributed by atoms with E-state index in [2.05, 4.69) is 10.7 Å². The predicted octanol–water partition coefficient (Wildman–Crippen LogP) is 2.41. The summed E-state index contributed by atoms with van der Waals surface area (Å²) in [5.41, 5.74) is 4.04. The molecule has 7 nitrogen and oxygen atoms in total. The normalized spacial score (nSPS) is 10.4. The molecule has 0 radical (unpaired) electrons. The van der Waals surface area contributed by atoms with E-state index in [1.807, 2.05) is 30.3 Å². The lowest BCUT2D eigenvalue weighted by Crippen LogP contribution is -2.36. The van der Waals surface area contributed by atoms with Crippen LogP contribution in [-0.4, -0.2) is 29.9 Å². The molecular formula is C16H18N4O3. The maximum atomic E-state index is 11.9. The number of nitrogens with one attached hydrogen (secondary N) is 2. The van der Waals surface area contributed by atoms with E-state index in [1.165, 1.54) is 11.1 Å². The summed E-state index contributed by atoms with van der Waals surface area (Å²) in [4.78, 5) is 22.7. The van der Waals surface area contributed by atoms with E-state index < -0.39 is 10.8 Å². The lowest BCUT2D eigenvalue weighted by atomic mass is 10.1. The number of benzene rings is 2. The van der Waals surface area contributed by atoms with Gasteiger partial charge in [0.05, 0.1) is 4.92 Å². The molecule has 0 spiro atoms. The topological polar surface area (TPSA) is 87.5 Å². The number of rotatable bonds is 6. The fourth-order valence-electron chi connectivity index (χ4n) is 2.03. The zero-order valence-corrected chi connectivity index (χ0v) is 12.9. The number of nitrogens with zero attached hydrogens (tertiary/aromatic N) is 2. The Hall–Kier alpha value is -2.93. The highest BCUT2D eigenvalue weighted by molar-refractivity contribution is 5.95. The molecule has 2 N–H and O–H groups in total. The van der Waals surface area contributed by atoms with Crippen LogP contribution in [0, 0.1) is 10.1 Å². The number of nitro groups is 1. The minimum absolute atomic E-state index is 0.132. The molecule has 0 aliphatic heterocycles. The summed E-state index contributed by atoms with van der Waals surface area (Å²) in [6.45, 7) is 0.463. The summed E-state index contributed by atoms with van der Waals surface area (Å²) >= 11 is 0. The highest BCUT2D eigenvalue weighted by Crippen LogP contribution is 2.26. The second-order valence-corrected chi connectivity index (χ2v) is 5.16. The average molecular weight is 314 g/mol. The molecule has 2 aromatic rings. The fraction of sp³-hybridized carbons (Fsp3) is 0.188. The first-order valence-corrected chi connectivity index (χ1v) is 7.02. The Kier molecular flexibility index (Phi) is 5.27. The van der Waals surface area contributed by atoms with Gasteiger partial charge in [-0.05, 0) is 17.7 Å². The molecule has 0 bridgehead atoms. The van der Waals surface area contributed by atoms with Gasteiger partial charge in [0.2, 0.25) is 0 Å². The van der Waals surface area contributed by atoms with E-state index in [-0.39, 0.29) is 11.3 Å². The number of hydrogen-bond donors (Lipinski definition) is 2. The van der Waals surface area contributed by atoms with Crippen LogP contribution in [0.25, 0.3) is 0 Å². The molecule has 7 heteroatoms. The van der Waals surface area contributed by atoms with Crippen molar-refractivity contribution in [3.05, 3.63) is 69.8 Å². The van der Waals surface area contributed by atoms with Gasteiger partial charge in [-0.3, -0.25) is 20.3 Å². The van der Waals surface area contributed by atoms with E-state index in [4.69, 9.17) is 0 Å². The van der Waals surface area contributed by atoms with Crippen LogP contribution >= 0.6 is 0 Å². The van der Waals surface area contributed by atoms with Crippen LogP contribution in [0.2, 0.25) is 0 Å². The molecule has 0 saturated heterocycles. The summed E-state index contributed by atoms with van der Waals surface area (Å²) < 4.78 is 0. The van der Waals surface area contributed by atoms with Gasteiger partial charge >= 0.3 is 0 Å². The fourth-order valence-corrected chi connectivity index (χ4v) is 2.03. The number of hydrazine groups is 1. The van der Waals surface area contributed by atoms with Gasteiger partial charge in [-0.25, -0.2) is 5.01 Å². The molecular weight excluding hydrogens is 296 g/mol. The zero-order valence-electron chi connectivity index (χ0n) is 12.9. The van der Waals surface area contributed by atoms with E-state index in [0.29, 0.717) is 12.2 Å². The average Bonchev–Trinajstić information content (AvgIpc) is 2.53. The van der Waals surface area contributed by atoms with Crippen molar-refractivity contribution in [1.29, 1.82) is 0 Å². The number of nitro benzene ring substituents is 1. The van der Waals surface area contributed by atoms with Gasteiger partial charge in [0.25, 0.3) is 11.6 Å². The molecule has 0 saturated carbocycles. The van der Waals surface area contributed by atoms with Gasteiger partial charge in [0.15, 0.2) is 0 Å². The largest absolute Gasteiger partial charge is 0.375 e. The highest BCUT2D eigenvalue weighted by Gasteiger charge is 2.17. The van der Waals surface area contributed by atoms with Crippen molar-refractivity contribution in [3.8, 4) is 0 Å². The number of carbonyl (C=O) groups excluding carboxylic acids is 1. The first kappa shape index (κ1) is 16.4. The number of carbonyl (C=O) groups is 1. The Morgan fingerprint density at radius 3 is 2.48 bits per heavy atom. The molecule has 0 heterocycles. The van der Waals surface area contributed by atoms with E-state index >= 15 is 0 Å². The molecule has 0 fully saturated rings. The first-order valence-electron chi connectivity index (χ1n) is 7.02. The van der Waals surface area contributed by atoms with Crippen LogP contribution in [0.4, 0.5) is 11.4 Å². The maximum absolute atomic E-state index is 11.9. The minimum Gasteiger partial charge on any atom is -0.375 e. The Labute approximate surface area is 134 Å². The van der Waals surface area contributed by atoms with Crippen LogP contribution in [0.5, 0.6) is 0 Å². The quantitative estimate of drug-likeness (QED) is 0.631. The number of hydrogen-bond acceptors (Lipinski definition) is 5. The molecule has 1 amide bonds. The Morgan fingerprint density at radius 2 is 1.87 bits per heavy atom. The number of amides is 1. The summed E-state index contributed by atoms with van der Waals surface area (Å²) in [5, 5.41) is 15.8. The van der Waals surface area contributed by atoms with Crippen molar-refractivity contribution in [3.63, 3.8) is 0 Å². The van der Waals surface area contributed by atoms with Crippen LogP contribution in [0.3, 0.4) is 0 Å². The Morgan fingerprint density at radius 1 is 1.17 bits per heavy atom. The van der Waals surface area contributed by atoms with Gasteiger partial charge in [0.1, 0.15) is 5.69 Å². The second kappa shape index (κ2) is 7.37. The Bertz CT molecular complexity index is 702. The van der Waals surface area contributed by atoms with Crippen molar-refractivity contribution in [1.82, 2.24) is 10.4 Å². The van der Waals surface area contributed by atoms with Crippen molar-refractivity contribution < 1.29 is 9.72 Å². The third-order valence-corrected chi connectivity index (χ3v) is 3.11. The molecule has 23 heavy (non-hydrogen) atoms. The van der Waals surface area contributed by atoms with Gasteiger partial charge in [0, 0.05) is 32.3 Å². The molecule has 0 atom stereocenters. The monoisotopic (exact) mass is 314 g/mol. The number of anilines is 1. The van der Waals surface area contributed by atoms with Crippen LogP contribution in [0.1, 0.15) is 15.9 Å². The third-order valence-electron chi connectivity index (χ3n) is 3.11. The molecule has 0 aliphatic carbocycles. The molecule has 120 valence electrons. The van der Waals surface area contributed by atoms with Gasteiger partial charge in [-0.2, -0.15) is 0 Å². The molecule has 0 aliphatic rings. The zero-order chi connectivity index (χ0) is 16.8. The lowest BCUT2D eigenvalue weighted by Gasteiger charge is -2.12. The Balaban J connectivity index is 2.19. The van der Waals surface area contributed by atoms with Crippen LogP contribution in [-0.2, 0) is 6.54 Å². The summed E-state index contributed by atoms with van der Waals surface area (Å²) in [7, 11) is 3.34. The maximum Gasteiger partial charge on any atom is 0.293 e. The summed E-state index contributed by atoms with van der Waals surface area (Å²) in [6.07, 6.45) is 0. The molecule has 2 rings (SSSR count). The van der Waals surface area contributed by atoms with Gasteiger partial charge < -0.3 is 5.32 Å². The molecule has 2 aromatic carbocycles. The van der Waals surface area contributed by atoms with Gasteiger partial charge in [-0.15, -0.1) is 0 Å². The molecule has 0 unspecified atom stereocenters. The van der Waals surface area contributed by atoms with Gasteiger partial charge in [-0.1, -0.05) is 30.3 Å². The predicted molar refractivity (Wildman–Crippen MR) is 88.0 cm³/mol. The standard InChI is InChI=1S/C16H18N4O3/c1-19(2)18-16(21)13-8-9-14(15(10-13)20(22)23)17-11-12-6-4-3-5-7-12/h3-10,17H,11H2,1-2H3,(H,18,21). The van der Waals surface area contributed by atoms with Crippen molar-refractivity contribution in [2.24, 2.45) is 0 Å². The minimum atomic E-state index is -0.500. The van der Waals surface area contributed by atoms with Crippen molar-refractivity contribution in [2.45, 2.75) is 6.54 Å². The smallest absolute Gasteiger partial charge is 0.293 e. The molecule has 0 aromatic heterocycles.